The molecule has 0 atom stereocenters. The molecule has 180 valence electrons. The minimum absolute atomic E-state index is 0.0537. The number of benzene rings is 2. The fourth-order valence-corrected chi connectivity index (χ4v) is 3.90. The van der Waals surface area contributed by atoms with E-state index in [0.29, 0.717) is 22.8 Å². The average Bonchev–Trinajstić information content (AvgIpc) is 3.23. The monoisotopic (exact) mass is 493 g/mol. The van der Waals surface area contributed by atoms with E-state index in [9.17, 15) is 14.4 Å². The Kier molecular flexibility index (Phi) is 6.83. The molecule has 0 fully saturated rings. The minimum atomic E-state index is -0.751. The molecule has 2 heterocycles. The zero-order valence-electron chi connectivity index (χ0n) is 19.2. The van der Waals surface area contributed by atoms with Crippen LogP contribution in [0.2, 0.25) is 5.02 Å². The summed E-state index contributed by atoms with van der Waals surface area (Å²) in [4.78, 5) is 43.9. The van der Waals surface area contributed by atoms with E-state index in [1.807, 2.05) is 37.3 Å². The lowest BCUT2D eigenvalue weighted by molar-refractivity contribution is 0.0980. The second-order valence-corrected chi connectivity index (χ2v) is 8.36. The zero-order valence-corrected chi connectivity index (χ0v) is 20.0. The Hall–Kier alpha value is -4.18. The number of nitrogens with zero attached hydrogens (tertiary/aromatic N) is 5. The van der Waals surface area contributed by atoms with Gasteiger partial charge in [-0.25, -0.2) is 4.79 Å². The van der Waals surface area contributed by atoms with E-state index in [-0.39, 0.29) is 30.3 Å². The van der Waals surface area contributed by atoms with Crippen molar-refractivity contribution in [2.24, 2.45) is 0 Å². The first-order valence-electron chi connectivity index (χ1n) is 11.0. The van der Waals surface area contributed by atoms with Crippen molar-refractivity contribution in [2.75, 3.05) is 17.2 Å². The lowest BCUT2D eigenvalue weighted by atomic mass is 10.2. The van der Waals surface area contributed by atoms with Crippen molar-refractivity contribution in [3.8, 4) is 5.69 Å². The summed E-state index contributed by atoms with van der Waals surface area (Å²) >= 11 is 6.07. The number of hydrogen-bond donors (Lipinski definition) is 2. The normalized spacial score (nSPS) is 10.9. The molecule has 2 aromatic carbocycles. The molecule has 0 aliphatic rings. The van der Waals surface area contributed by atoms with Crippen LogP contribution in [0.3, 0.4) is 0 Å². The molecule has 0 radical (unpaired) electrons. The van der Waals surface area contributed by atoms with Crippen molar-refractivity contribution >= 4 is 29.0 Å². The average molecular weight is 494 g/mol. The first-order valence-corrected chi connectivity index (χ1v) is 11.4. The number of nitrogen functional groups attached to an aromatic ring is 1. The van der Waals surface area contributed by atoms with Gasteiger partial charge in [-0.05, 0) is 37.1 Å². The number of rotatable bonds is 7. The number of anilines is 2. The van der Waals surface area contributed by atoms with Crippen LogP contribution in [0, 0.1) is 6.92 Å². The molecule has 10 nitrogen and oxygen atoms in total. The summed E-state index contributed by atoms with van der Waals surface area (Å²) in [7, 11) is 0. The summed E-state index contributed by atoms with van der Waals surface area (Å²) in [6.45, 7) is 3.82. The summed E-state index contributed by atoms with van der Waals surface area (Å²) in [5.74, 6) is -0.663. The molecule has 0 aliphatic heterocycles. The van der Waals surface area contributed by atoms with Crippen LogP contribution in [0.1, 0.15) is 35.1 Å². The molecule has 35 heavy (non-hydrogen) atoms. The molecule has 0 spiro atoms. The summed E-state index contributed by atoms with van der Waals surface area (Å²) in [6.07, 6.45) is 0.532. The van der Waals surface area contributed by atoms with E-state index >= 15 is 0 Å². The van der Waals surface area contributed by atoms with Gasteiger partial charge in [0.25, 0.3) is 11.5 Å². The van der Waals surface area contributed by atoms with E-state index in [2.05, 4.69) is 15.2 Å². The highest BCUT2D eigenvalue weighted by atomic mass is 35.5. The number of aromatic nitrogens is 5. The van der Waals surface area contributed by atoms with Gasteiger partial charge >= 0.3 is 5.69 Å². The van der Waals surface area contributed by atoms with E-state index in [0.717, 1.165) is 5.56 Å². The van der Waals surface area contributed by atoms with Gasteiger partial charge in [0.1, 0.15) is 5.82 Å². The third-order valence-electron chi connectivity index (χ3n) is 5.38. The second kappa shape index (κ2) is 9.98. The molecule has 0 unspecified atom stereocenters. The predicted octanol–water partition coefficient (Wildman–Crippen LogP) is 2.77. The molecule has 0 saturated heterocycles. The zero-order chi connectivity index (χ0) is 25.1. The van der Waals surface area contributed by atoms with Gasteiger partial charge in [0.15, 0.2) is 11.4 Å². The molecule has 4 rings (SSSR count). The number of carbonyl (C=O) groups excluding carboxylic acids is 1. The second-order valence-electron chi connectivity index (χ2n) is 7.92. The summed E-state index contributed by atoms with van der Waals surface area (Å²) in [5, 5.41) is 9.19. The van der Waals surface area contributed by atoms with E-state index in [4.69, 9.17) is 17.3 Å². The summed E-state index contributed by atoms with van der Waals surface area (Å²) < 4.78 is 1.23. The number of aryl methyl sites for hydroxylation is 1. The van der Waals surface area contributed by atoms with Crippen molar-refractivity contribution < 1.29 is 4.79 Å². The minimum Gasteiger partial charge on any atom is -0.383 e. The molecule has 1 amide bonds. The van der Waals surface area contributed by atoms with Crippen LogP contribution < -0.4 is 21.9 Å². The maximum Gasteiger partial charge on any atom is 0.330 e. The number of hydrogen-bond acceptors (Lipinski definition) is 6. The van der Waals surface area contributed by atoms with Gasteiger partial charge in [0, 0.05) is 11.6 Å². The standard InChI is InChI=1S/C24H24ClN7O3/c1-3-12-30(23(34)19-15(2)28-32(29-19)18-11-7-10-17(25)13-18)20-21(26)31(24(35)27-22(20)33)14-16-8-5-4-6-9-16/h4-11,13H,3,12,14,26H2,1-2H3,(H,27,33,35). The van der Waals surface area contributed by atoms with Gasteiger partial charge in [-0.3, -0.25) is 24.0 Å². The topological polar surface area (TPSA) is 132 Å². The molecule has 0 bridgehead atoms. The van der Waals surface area contributed by atoms with Crippen LogP contribution in [-0.4, -0.2) is 37.0 Å². The quantitative estimate of drug-likeness (QED) is 0.407. The summed E-state index contributed by atoms with van der Waals surface area (Å²) in [6, 6.07) is 16.1. The third-order valence-corrected chi connectivity index (χ3v) is 5.62. The van der Waals surface area contributed by atoms with Crippen LogP contribution in [0.15, 0.2) is 64.2 Å². The number of nitrogens with one attached hydrogen (secondary N) is 1. The Balaban J connectivity index is 1.78. The molecule has 2 aromatic heterocycles. The number of halogens is 1. The molecular weight excluding hydrogens is 470 g/mol. The maximum atomic E-state index is 13.6. The van der Waals surface area contributed by atoms with Crippen molar-refractivity contribution in [3.63, 3.8) is 0 Å². The predicted molar refractivity (Wildman–Crippen MR) is 134 cm³/mol. The van der Waals surface area contributed by atoms with Crippen LogP contribution >= 0.6 is 11.6 Å². The van der Waals surface area contributed by atoms with Gasteiger partial charge < -0.3 is 5.73 Å². The molecule has 0 aliphatic carbocycles. The Morgan fingerprint density at radius 3 is 2.54 bits per heavy atom. The maximum absolute atomic E-state index is 13.6. The van der Waals surface area contributed by atoms with Crippen molar-refractivity contribution in [2.45, 2.75) is 26.8 Å². The highest BCUT2D eigenvalue weighted by Crippen LogP contribution is 2.22. The van der Waals surface area contributed by atoms with E-state index in [1.165, 1.54) is 14.3 Å². The van der Waals surface area contributed by atoms with E-state index in [1.54, 1.807) is 31.2 Å². The largest absolute Gasteiger partial charge is 0.383 e. The molecule has 3 N–H and O–H groups in total. The lowest BCUT2D eigenvalue weighted by Crippen LogP contribution is -2.42. The highest BCUT2D eigenvalue weighted by molar-refractivity contribution is 6.30. The number of aromatic amines is 1. The van der Waals surface area contributed by atoms with Gasteiger partial charge in [-0.15, -0.1) is 5.10 Å². The van der Waals surface area contributed by atoms with Gasteiger partial charge in [-0.1, -0.05) is 54.9 Å². The van der Waals surface area contributed by atoms with Gasteiger partial charge in [-0.2, -0.15) is 9.90 Å². The summed E-state index contributed by atoms with van der Waals surface area (Å²) in [5.41, 5.74) is 6.62. The molecular formula is C24H24ClN7O3. The molecule has 0 saturated carbocycles. The first-order chi connectivity index (χ1) is 16.8. The Morgan fingerprint density at radius 2 is 1.86 bits per heavy atom. The van der Waals surface area contributed by atoms with Crippen molar-refractivity contribution in [1.82, 2.24) is 24.5 Å². The number of H-pyrrole nitrogens is 1. The van der Waals surface area contributed by atoms with Crippen LogP contribution in [0.5, 0.6) is 0 Å². The SMILES string of the molecule is CCCN(C(=O)c1nn(-c2cccc(Cl)c2)nc1C)c1c(N)n(Cc2ccccc2)c(=O)[nH]c1=O. The van der Waals surface area contributed by atoms with E-state index < -0.39 is 17.2 Å². The third kappa shape index (κ3) is 4.87. The highest BCUT2D eigenvalue weighted by Gasteiger charge is 2.28. The fraction of sp³-hybridized carbons (Fsp3) is 0.208. The Bertz CT molecular complexity index is 1490. The van der Waals surface area contributed by atoms with Crippen molar-refractivity contribution in [1.29, 1.82) is 0 Å². The van der Waals surface area contributed by atoms with Gasteiger partial charge in [0.05, 0.1) is 17.9 Å². The number of nitrogens with two attached hydrogens (primary N) is 1. The fourth-order valence-electron chi connectivity index (χ4n) is 3.72. The number of carbonyl (C=O) groups is 1. The van der Waals surface area contributed by atoms with Crippen molar-refractivity contribution in [3.05, 3.63) is 97.4 Å². The van der Waals surface area contributed by atoms with Crippen LogP contribution in [0.4, 0.5) is 11.5 Å². The Morgan fingerprint density at radius 1 is 1.11 bits per heavy atom. The lowest BCUT2D eigenvalue weighted by Gasteiger charge is -2.23. The van der Waals surface area contributed by atoms with Crippen LogP contribution in [-0.2, 0) is 6.54 Å². The number of amides is 1. The van der Waals surface area contributed by atoms with Gasteiger partial charge in [0.2, 0.25) is 0 Å². The first kappa shape index (κ1) is 24.0. The molecule has 11 heteroatoms. The van der Waals surface area contributed by atoms with Crippen LogP contribution in [0.25, 0.3) is 5.69 Å². The Labute approximate surface area is 205 Å². The molecule has 4 aromatic rings. The smallest absolute Gasteiger partial charge is 0.330 e.